The maximum Gasteiger partial charge on any atom is 0.253 e. The third-order valence-corrected chi connectivity index (χ3v) is 5.30. The molecule has 0 saturated carbocycles. The molecule has 0 unspecified atom stereocenters. The maximum atomic E-state index is 12.7. The lowest BCUT2D eigenvalue weighted by atomic mass is 10.0. The summed E-state index contributed by atoms with van der Waals surface area (Å²) in [5.74, 6) is -0.570. The van der Waals surface area contributed by atoms with E-state index in [4.69, 9.17) is 23.2 Å². The SMILES string of the molecule is Cc1c(Cl)cccc1NC(=O)C[C@@H](NC(=O)c1ccccc1Cl)c1ccccc1. The second-order valence-electron chi connectivity index (χ2n) is 6.58. The number of anilines is 1. The number of hydrogen-bond acceptors (Lipinski definition) is 2. The van der Waals surface area contributed by atoms with Crippen LogP contribution in [0.15, 0.2) is 72.8 Å². The Labute approximate surface area is 179 Å². The van der Waals surface area contributed by atoms with Crippen molar-refractivity contribution in [2.45, 2.75) is 19.4 Å². The maximum absolute atomic E-state index is 12.7. The number of carbonyl (C=O) groups excluding carboxylic acids is 2. The molecular formula is C23H20Cl2N2O2. The Morgan fingerprint density at radius 3 is 2.24 bits per heavy atom. The zero-order valence-corrected chi connectivity index (χ0v) is 17.3. The van der Waals surface area contributed by atoms with Gasteiger partial charge in [0.05, 0.1) is 23.0 Å². The molecular weight excluding hydrogens is 407 g/mol. The predicted octanol–water partition coefficient (Wildman–Crippen LogP) is 5.80. The van der Waals surface area contributed by atoms with E-state index in [0.717, 1.165) is 11.1 Å². The third-order valence-electron chi connectivity index (χ3n) is 4.56. The first-order chi connectivity index (χ1) is 14.0. The lowest BCUT2D eigenvalue weighted by Gasteiger charge is -2.20. The van der Waals surface area contributed by atoms with Crippen molar-refractivity contribution in [1.82, 2.24) is 5.32 Å². The number of rotatable bonds is 6. The molecule has 0 spiro atoms. The molecule has 0 heterocycles. The van der Waals surface area contributed by atoms with E-state index >= 15 is 0 Å². The predicted molar refractivity (Wildman–Crippen MR) is 118 cm³/mol. The molecule has 2 N–H and O–H groups in total. The molecule has 4 nitrogen and oxygen atoms in total. The van der Waals surface area contributed by atoms with Gasteiger partial charge in [-0.15, -0.1) is 0 Å². The number of amides is 2. The van der Waals surface area contributed by atoms with E-state index in [1.807, 2.05) is 37.3 Å². The Bertz CT molecular complexity index is 1020. The normalized spacial score (nSPS) is 11.6. The van der Waals surface area contributed by atoms with Gasteiger partial charge in [0.2, 0.25) is 5.91 Å². The largest absolute Gasteiger partial charge is 0.345 e. The molecule has 1 atom stereocenters. The van der Waals surface area contributed by atoms with Crippen molar-refractivity contribution in [3.05, 3.63) is 99.5 Å². The first kappa shape index (κ1) is 20.9. The molecule has 0 radical (unpaired) electrons. The number of halogens is 2. The first-order valence-corrected chi connectivity index (χ1v) is 9.86. The third kappa shape index (κ3) is 5.37. The zero-order valence-electron chi connectivity index (χ0n) is 15.8. The molecule has 3 rings (SSSR count). The average Bonchev–Trinajstić information content (AvgIpc) is 2.72. The van der Waals surface area contributed by atoms with Gasteiger partial charge in [0.1, 0.15) is 0 Å². The highest BCUT2D eigenvalue weighted by molar-refractivity contribution is 6.33. The lowest BCUT2D eigenvalue weighted by Crippen LogP contribution is -2.31. The van der Waals surface area contributed by atoms with Crippen molar-refractivity contribution in [2.24, 2.45) is 0 Å². The first-order valence-electron chi connectivity index (χ1n) is 9.11. The number of carbonyl (C=O) groups is 2. The van der Waals surface area contributed by atoms with Crippen molar-refractivity contribution in [2.75, 3.05) is 5.32 Å². The fourth-order valence-electron chi connectivity index (χ4n) is 2.95. The van der Waals surface area contributed by atoms with Gasteiger partial charge in [0, 0.05) is 10.7 Å². The zero-order chi connectivity index (χ0) is 20.8. The van der Waals surface area contributed by atoms with Gasteiger partial charge >= 0.3 is 0 Å². The number of benzene rings is 3. The van der Waals surface area contributed by atoms with Gasteiger partial charge in [-0.2, -0.15) is 0 Å². The Morgan fingerprint density at radius 1 is 0.862 bits per heavy atom. The van der Waals surface area contributed by atoms with Crippen molar-refractivity contribution < 1.29 is 9.59 Å². The minimum absolute atomic E-state index is 0.0617. The summed E-state index contributed by atoms with van der Waals surface area (Å²) in [6.07, 6.45) is 0.0617. The van der Waals surface area contributed by atoms with Gasteiger partial charge in [-0.1, -0.05) is 71.7 Å². The van der Waals surface area contributed by atoms with Crippen molar-refractivity contribution >= 4 is 40.7 Å². The van der Waals surface area contributed by atoms with Crippen LogP contribution in [-0.4, -0.2) is 11.8 Å². The fourth-order valence-corrected chi connectivity index (χ4v) is 3.34. The van der Waals surface area contributed by atoms with Gasteiger partial charge in [0.15, 0.2) is 0 Å². The molecule has 0 bridgehead atoms. The van der Waals surface area contributed by atoms with Crippen LogP contribution in [0.25, 0.3) is 0 Å². The van der Waals surface area contributed by atoms with Gasteiger partial charge in [-0.25, -0.2) is 0 Å². The average molecular weight is 427 g/mol. The summed E-state index contributed by atoms with van der Waals surface area (Å²) in [7, 11) is 0. The molecule has 0 saturated heterocycles. The van der Waals surface area contributed by atoms with Crippen LogP contribution in [0, 0.1) is 6.92 Å². The van der Waals surface area contributed by atoms with Crippen LogP contribution in [0.1, 0.15) is 33.9 Å². The van der Waals surface area contributed by atoms with Crippen LogP contribution in [0.3, 0.4) is 0 Å². The summed E-state index contributed by atoms with van der Waals surface area (Å²) in [5.41, 5.74) is 2.62. The number of nitrogens with one attached hydrogen (secondary N) is 2. The standard InChI is InChI=1S/C23H20Cl2N2O2/c1-15-18(24)12-7-13-20(15)26-22(28)14-21(16-8-3-2-4-9-16)27-23(29)17-10-5-6-11-19(17)25/h2-13,21H,14H2,1H3,(H,26,28)(H,27,29)/t21-/m1/s1. The topological polar surface area (TPSA) is 58.2 Å². The Balaban J connectivity index is 1.79. The van der Waals surface area contributed by atoms with E-state index in [1.165, 1.54) is 0 Å². The molecule has 0 aliphatic rings. The highest BCUT2D eigenvalue weighted by Gasteiger charge is 2.21. The highest BCUT2D eigenvalue weighted by atomic mass is 35.5. The Hall–Kier alpha value is -2.82. The van der Waals surface area contributed by atoms with Crippen LogP contribution in [0.5, 0.6) is 0 Å². The molecule has 2 amide bonds. The Morgan fingerprint density at radius 2 is 1.52 bits per heavy atom. The van der Waals surface area contributed by atoms with E-state index in [-0.39, 0.29) is 18.2 Å². The Kier molecular flexibility index (Phi) is 6.91. The summed E-state index contributed by atoms with van der Waals surface area (Å²) in [4.78, 5) is 25.5. The van der Waals surface area contributed by atoms with Crippen LogP contribution < -0.4 is 10.6 Å². The van der Waals surface area contributed by atoms with Crippen molar-refractivity contribution in [3.8, 4) is 0 Å². The molecule has 0 aliphatic heterocycles. The summed E-state index contributed by atoms with van der Waals surface area (Å²) < 4.78 is 0. The summed E-state index contributed by atoms with van der Waals surface area (Å²) >= 11 is 12.3. The van der Waals surface area contributed by atoms with Crippen LogP contribution in [-0.2, 0) is 4.79 Å². The van der Waals surface area contributed by atoms with E-state index < -0.39 is 6.04 Å². The quantitative estimate of drug-likeness (QED) is 0.522. The molecule has 3 aromatic carbocycles. The van der Waals surface area contributed by atoms with Crippen molar-refractivity contribution in [3.63, 3.8) is 0 Å². The molecule has 148 valence electrons. The van der Waals surface area contributed by atoms with Gasteiger partial charge in [-0.3, -0.25) is 9.59 Å². The van der Waals surface area contributed by atoms with Crippen LogP contribution in [0.2, 0.25) is 10.0 Å². The molecule has 3 aromatic rings. The smallest absolute Gasteiger partial charge is 0.253 e. The fraction of sp³-hybridized carbons (Fsp3) is 0.130. The van der Waals surface area contributed by atoms with Crippen molar-refractivity contribution in [1.29, 1.82) is 0 Å². The van der Waals surface area contributed by atoms with E-state index in [1.54, 1.807) is 42.5 Å². The second-order valence-corrected chi connectivity index (χ2v) is 7.40. The van der Waals surface area contributed by atoms with Crippen LogP contribution >= 0.6 is 23.2 Å². The minimum Gasteiger partial charge on any atom is -0.345 e. The van der Waals surface area contributed by atoms with E-state index in [2.05, 4.69) is 10.6 Å². The lowest BCUT2D eigenvalue weighted by molar-refractivity contribution is -0.116. The molecule has 0 aliphatic carbocycles. The summed E-state index contributed by atoms with van der Waals surface area (Å²) in [5, 5.41) is 6.73. The van der Waals surface area contributed by atoms with Gasteiger partial charge < -0.3 is 10.6 Å². The minimum atomic E-state index is -0.514. The summed E-state index contributed by atoms with van der Waals surface area (Å²) in [6.45, 7) is 1.84. The molecule has 0 fully saturated rings. The number of hydrogen-bond donors (Lipinski definition) is 2. The second kappa shape index (κ2) is 9.59. The highest BCUT2D eigenvalue weighted by Crippen LogP contribution is 2.25. The van der Waals surface area contributed by atoms with Gasteiger partial charge in [-0.05, 0) is 42.3 Å². The molecule has 6 heteroatoms. The summed E-state index contributed by atoms with van der Waals surface area (Å²) in [6, 6.07) is 21.0. The van der Waals surface area contributed by atoms with E-state index in [0.29, 0.717) is 21.3 Å². The van der Waals surface area contributed by atoms with E-state index in [9.17, 15) is 9.59 Å². The van der Waals surface area contributed by atoms with Crippen LogP contribution in [0.4, 0.5) is 5.69 Å². The molecule has 0 aromatic heterocycles. The molecule has 29 heavy (non-hydrogen) atoms. The van der Waals surface area contributed by atoms with Gasteiger partial charge in [0.25, 0.3) is 5.91 Å². The monoisotopic (exact) mass is 426 g/mol.